The molecule has 17 heavy (non-hydrogen) atoms. The van der Waals surface area contributed by atoms with Gasteiger partial charge in [-0.2, -0.15) is 0 Å². The highest BCUT2D eigenvalue weighted by atomic mass is 32.2. The van der Waals surface area contributed by atoms with Gasteiger partial charge in [0, 0.05) is 11.4 Å². The first kappa shape index (κ1) is 12.4. The van der Waals surface area contributed by atoms with Crippen LogP contribution in [0.2, 0.25) is 0 Å². The van der Waals surface area contributed by atoms with E-state index in [9.17, 15) is 9.90 Å². The summed E-state index contributed by atoms with van der Waals surface area (Å²) >= 11 is 1.49. The van der Waals surface area contributed by atoms with Gasteiger partial charge in [-0.1, -0.05) is 6.07 Å². The van der Waals surface area contributed by atoms with Crippen molar-refractivity contribution >= 4 is 23.4 Å². The number of thioether (sulfide) groups is 1. The van der Waals surface area contributed by atoms with Gasteiger partial charge in [0.2, 0.25) is 5.91 Å². The third-order valence-electron chi connectivity index (χ3n) is 2.68. The summed E-state index contributed by atoms with van der Waals surface area (Å²) in [7, 11) is 0. The number of hydrogen-bond donors (Lipinski definition) is 4. The minimum absolute atomic E-state index is 0.0207. The Labute approximate surface area is 104 Å². The van der Waals surface area contributed by atoms with Crippen LogP contribution in [-0.2, 0) is 4.79 Å². The van der Waals surface area contributed by atoms with Crippen LogP contribution >= 0.6 is 11.8 Å². The van der Waals surface area contributed by atoms with Crippen molar-refractivity contribution in [2.75, 3.05) is 17.6 Å². The Morgan fingerprint density at radius 1 is 1.53 bits per heavy atom. The lowest BCUT2D eigenvalue weighted by atomic mass is 10.0. The number of aliphatic hydroxyl groups is 1. The first-order valence-corrected chi connectivity index (χ1v) is 6.30. The van der Waals surface area contributed by atoms with Gasteiger partial charge in [0.05, 0.1) is 23.6 Å². The van der Waals surface area contributed by atoms with Gasteiger partial charge in [-0.05, 0) is 17.7 Å². The Bertz CT molecular complexity index is 439. The predicted molar refractivity (Wildman–Crippen MR) is 67.8 cm³/mol. The van der Waals surface area contributed by atoms with Crippen LogP contribution in [0.4, 0.5) is 5.69 Å². The standard InChI is InChI=1S/C11H15N3O2S/c12-4-8(15)11(13)6-1-2-9-7(3-6)14-10(16)5-17-9/h1-3,8,11,15H,4-5,12-13H2,(H,14,16). The van der Waals surface area contributed by atoms with Gasteiger partial charge in [0.25, 0.3) is 0 Å². The monoisotopic (exact) mass is 253 g/mol. The molecule has 0 fully saturated rings. The van der Waals surface area contributed by atoms with Crippen molar-refractivity contribution in [3.8, 4) is 0 Å². The zero-order valence-corrected chi connectivity index (χ0v) is 10.0. The van der Waals surface area contributed by atoms with E-state index in [2.05, 4.69) is 5.32 Å². The van der Waals surface area contributed by atoms with E-state index < -0.39 is 12.1 Å². The zero-order valence-electron chi connectivity index (χ0n) is 9.22. The Kier molecular flexibility index (Phi) is 3.68. The number of carbonyl (C=O) groups is 1. The lowest BCUT2D eigenvalue weighted by Gasteiger charge is -2.21. The maximum atomic E-state index is 11.3. The molecule has 2 unspecified atom stereocenters. The summed E-state index contributed by atoms with van der Waals surface area (Å²) < 4.78 is 0. The van der Waals surface area contributed by atoms with Gasteiger partial charge in [0.15, 0.2) is 0 Å². The van der Waals surface area contributed by atoms with Crippen molar-refractivity contribution in [3.63, 3.8) is 0 Å². The summed E-state index contributed by atoms with van der Waals surface area (Å²) in [5.41, 5.74) is 12.8. The van der Waals surface area contributed by atoms with Crippen LogP contribution < -0.4 is 16.8 Å². The predicted octanol–water partition coefficient (Wildman–Crippen LogP) is 0.0502. The van der Waals surface area contributed by atoms with Gasteiger partial charge >= 0.3 is 0 Å². The molecule has 0 aliphatic carbocycles. The van der Waals surface area contributed by atoms with Crippen molar-refractivity contribution in [3.05, 3.63) is 23.8 Å². The molecule has 1 aromatic rings. The second-order valence-corrected chi connectivity index (χ2v) is 4.94. The fourth-order valence-corrected chi connectivity index (χ4v) is 2.47. The van der Waals surface area contributed by atoms with E-state index in [4.69, 9.17) is 11.5 Å². The van der Waals surface area contributed by atoms with Gasteiger partial charge in [0.1, 0.15) is 0 Å². The van der Waals surface area contributed by atoms with E-state index in [1.807, 2.05) is 12.1 Å². The number of fused-ring (bicyclic) bond motifs is 1. The summed E-state index contributed by atoms with van der Waals surface area (Å²) in [6, 6.07) is 5.02. The number of rotatable bonds is 3. The van der Waals surface area contributed by atoms with E-state index in [0.717, 1.165) is 16.1 Å². The average Bonchev–Trinajstić information content (AvgIpc) is 2.36. The molecular weight excluding hydrogens is 238 g/mol. The summed E-state index contributed by atoms with van der Waals surface area (Å²) in [5.74, 6) is 0.414. The Balaban J connectivity index is 2.26. The number of anilines is 1. The summed E-state index contributed by atoms with van der Waals surface area (Å²) in [5, 5.41) is 12.4. The fourth-order valence-electron chi connectivity index (χ4n) is 1.68. The van der Waals surface area contributed by atoms with Crippen LogP contribution in [0.25, 0.3) is 0 Å². The molecule has 6 N–H and O–H groups in total. The lowest BCUT2D eigenvalue weighted by molar-refractivity contribution is -0.113. The van der Waals surface area contributed by atoms with Crippen LogP contribution in [0.15, 0.2) is 23.1 Å². The molecule has 6 heteroatoms. The van der Waals surface area contributed by atoms with Gasteiger partial charge in [-0.15, -0.1) is 11.8 Å². The van der Waals surface area contributed by atoms with Crippen LogP contribution in [0.1, 0.15) is 11.6 Å². The highest BCUT2D eigenvalue weighted by Crippen LogP contribution is 2.33. The van der Waals surface area contributed by atoms with Crippen molar-refractivity contribution in [2.24, 2.45) is 11.5 Å². The summed E-state index contributed by atoms with van der Waals surface area (Å²) in [6.07, 6.45) is -0.778. The largest absolute Gasteiger partial charge is 0.390 e. The molecule has 5 nitrogen and oxygen atoms in total. The second-order valence-electron chi connectivity index (χ2n) is 3.92. The minimum atomic E-state index is -0.778. The quantitative estimate of drug-likeness (QED) is 0.610. The molecule has 1 aromatic carbocycles. The Morgan fingerprint density at radius 2 is 2.29 bits per heavy atom. The van der Waals surface area contributed by atoms with Crippen LogP contribution in [-0.4, -0.2) is 29.4 Å². The lowest BCUT2D eigenvalue weighted by Crippen LogP contribution is -2.32. The van der Waals surface area contributed by atoms with Crippen molar-refractivity contribution < 1.29 is 9.90 Å². The fraction of sp³-hybridized carbons (Fsp3) is 0.364. The van der Waals surface area contributed by atoms with Crippen molar-refractivity contribution in [1.29, 1.82) is 0 Å². The molecule has 2 atom stereocenters. The normalized spacial score (nSPS) is 18.2. The molecule has 2 rings (SSSR count). The Morgan fingerprint density at radius 3 is 3.00 bits per heavy atom. The van der Waals surface area contributed by atoms with Crippen molar-refractivity contribution in [2.45, 2.75) is 17.0 Å². The number of hydrogen-bond acceptors (Lipinski definition) is 5. The summed E-state index contributed by atoms with van der Waals surface area (Å²) in [6.45, 7) is 0.110. The minimum Gasteiger partial charge on any atom is -0.390 e. The number of nitrogens with one attached hydrogen (secondary N) is 1. The molecule has 0 radical (unpaired) electrons. The number of aliphatic hydroxyl groups excluding tert-OH is 1. The number of amides is 1. The molecule has 1 heterocycles. The van der Waals surface area contributed by atoms with Crippen LogP contribution in [0, 0.1) is 0 Å². The SMILES string of the molecule is NCC(O)C(N)c1ccc2c(c1)NC(=O)CS2. The molecule has 1 aliphatic rings. The zero-order chi connectivity index (χ0) is 12.4. The number of benzene rings is 1. The molecule has 0 aromatic heterocycles. The van der Waals surface area contributed by atoms with Crippen LogP contribution in [0.3, 0.4) is 0 Å². The molecule has 0 spiro atoms. The molecule has 0 saturated heterocycles. The van der Waals surface area contributed by atoms with E-state index in [1.54, 1.807) is 6.07 Å². The van der Waals surface area contributed by atoms with E-state index >= 15 is 0 Å². The van der Waals surface area contributed by atoms with E-state index in [-0.39, 0.29) is 12.5 Å². The maximum Gasteiger partial charge on any atom is 0.234 e. The van der Waals surface area contributed by atoms with Crippen molar-refractivity contribution in [1.82, 2.24) is 0 Å². The van der Waals surface area contributed by atoms with Gasteiger partial charge in [-0.3, -0.25) is 4.79 Å². The number of carbonyl (C=O) groups excluding carboxylic acids is 1. The van der Waals surface area contributed by atoms with E-state index in [1.165, 1.54) is 11.8 Å². The highest BCUT2D eigenvalue weighted by molar-refractivity contribution is 8.00. The van der Waals surface area contributed by atoms with E-state index in [0.29, 0.717) is 5.75 Å². The topological polar surface area (TPSA) is 101 Å². The molecular formula is C11H15N3O2S. The maximum absolute atomic E-state index is 11.3. The second kappa shape index (κ2) is 5.05. The first-order valence-electron chi connectivity index (χ1n) is 5.32. The first-order chi connectivity index (χ1) is 8.11. The third-order valence-corrected chi connectivity index (χ3v) is 3.75. The van der Waals surface area contributed by atoms with Gasteiger partial charge < -0.3 is 21.9 Å². The molecule has 1 amide bonds. The smallest absolute Gasteiger partial charge is 0.234 e. The molecule has 1 aliphatic heterocycles. The third kappa shape index (κ3) is 2.61. The average molecular weight is 253 g/mol. The molecule has 0 bridgehead atoms. The molecule has 0 saturated carbocycles. The van der Waals surface area contributed by atoms with Gasteiger partial charge in [-0.25, -0.2) is 0 Å². The summed E-state index contributed by atoms with van der Waals surface area (Å²) in [4.78, 5) is 12.3. The van der Waals surface area contributed by atoms with Crippen LogP contribution in [0.5, 0.6) is 0 Å². The highest BCUT2D eigenvalue weighted by Gasteiger charge is 2.19. The Hall–Kier alpha value is -1.08. The molecule has 92 valence electrons. The number of nitrogens with two attached hydrogens (primary N) is 2.